The fraction of sp³-hybridized carbons (Fsp3) is 0.625. The standard InChI is InChI=1S/C8H12N2O5/c9-7(13)4-1-6(12)10(2-4)3-5(11)8(14)15/h4-5,11H,1-3H2,(H2,9,13)(H,14,15). The Morgan fingerprint density at radius 3 is 2.60 bits per heavy atom. The average molecular weight is 216 g/mol. The first-order valence-electron chi connectivity index (χ1n) is 4.39. The molecule has 0 aliphatic carbocycles. The first-order chi connectivity index (χ1) is 6.91. The molecule has 1 rings (SSSR count). The third kappa shape index (κ3) is 2.66. The Kier molecular flexibility index (Phi) is 3.25. The Morgan fingerprint density at radius 2 is 2.20 bits per heavy atom. The molecule has 0 aromatic heterocycles. The van der Waals surface area contributed by atoms with Gasteiger partial charge < -0.3 is 20.8 Å². The highest BCUT2D eigenvalue weighted by molar-refractivity contribution is 5.88. The Balaban J connectivity index is 2.54. The van der Waals surface area contributed by atoms with Crippen LogP contribution in [0, 0.1) is 5.92 Å². The van der Waals surface area contributed by atoms with Gasteiger partial charge >= 0.3 is 5.97 Å². The average Bonchev–Trinajstić information content (AvgIpc) is 2.47. The number of carboxylic acid groups (broad SMARTS) is 1. The smallest absolute Gasteiger partial charge is 0.334 e. The highest BCUT2D eigenvalue weighted by Crippen LogP contribution is 2.17. The van der Waals surface area contributed by atoms with Gasteiger partial charge in [-0.25, -0.2) is 4.79 Å². The van der Waals surface area contributed by atoms with E-state index in [1.165, 1.54) is 0 Å². The van der Waals surface area contributed by atoms with E-state index in [0.717, 1.165) is 4.90 Å². The summed E-state index contributed by atoms with van der Waals surface area (Å²) in [5, 5.41) is 17.4. The highest BCUT2D eigenvalue weighted by atomic mass is 16.4. The van der Waals surface area contributed by atoms with Crippen LogP contribution in [0.4, 0.5) is 0 Å². The number of amides is 2. The molecule has 0 bridgehead atoms. The molecule has 1 heterocycles. The Bertz CT molecular complexity index is 303. The molecule has 1 saturated heterocycles. The van der Waals surface area contributed by atoms with Crippen molar-refractivity contribution in [2.45, 2.75) is 12.5 Å². The van der Waals surface area contributed by atoms with E-state index in [-0.39, 0.29) is 25.4 Å². The molecule has 1 fully saturated rings. The largest absolute Gasteiger partial charge is 0.479 e. The Hall–Kier alpha value is -1.63. The topological polar surface area (TPSA) is 121 Å². The Labute approximate surface area is 85.5 Å². The van der Waals surface area contributed by atoms with Crippen molar-refractivity contribution in [2.24, 2.45) is 11.7 Å². The molecule has 0 aromatic carbocycles. The van der Waals surface area contributed by atoms with E-state index in [1.54, 1.807) is 0 Å². The van der Waals surface area contributed by atoms with Gasteiger partial charge in [0.05, 0.1) is 12.5 Å². The zero-order valence-corrected chi connectivity index (χ0v) is 7.92. The van der Waals surface area contributed by atoms with Gasteiger partial charge in [0.1, 0.15) is 0 Å². The molecule has 0 radical (unpaired) electrons. The lowest BCUT2D eigenvalue weighted by atomic mass is 10.1. The summed E-state index contributed by atoms with van der Waals surface area (Å²) in [6, 6.07) is 0. The Morgan fingerprint density at radius 1 is 1.60 bits per heavy atom. The number of aliphatic hydroxyl groups is 1. The van der Waals surface area contributed by atoms with Gasteiger partial charge in [0.2, 0.25) is 11.8 Å². The number of β-amino-alcohol motifs (C(OH)–C–C–N with tert-alkyl or cyclic N) is 1. The summed E-state index contributed by atoms with van der Waals surface area (Å²) >= 11 is 0. The van der Waals surface area contributed by atoms with Gasteiger partial charge in [-0.15, -0.1) is 0 Å². The zero-order chi connectivity index (χ0) is 11.6. The lowest BCUT2D eigenvalue weighted by Gasteiger charge is -2.17. The molecule has 1 aliphatic rings. The van der Waals surface area contributed by atoms with Crippen molar-refractivity contribution >= 4 is 17.8 Å². The minimum Gasteiger partial charge on any atom is -0.479 e. The number of carboxylic acids is 1. The summed E-state index contributed by atoms with van der Waals surface area (Å²) in [4.78, 5) is 33.5. The fourth-order valence-electron chi connectivity index (χ4n) is 1.43. The quantitative estimate of drug-likeness (QED) is 0.491. The molecular formula is C8H12N2O5. The van der Waals surface area contributed by atoms with E-state index in [2.05, 4.69) is 0 Å². The van der Waals surface area contributed by atoms with Gasteiger partial charge in [-0.3, -0.25) is 9.59 Å². The van der Waals surface area contributed by atoms with Crippen LogP contribution in [-0.4, -0.2) is 52.1 Å². The molecule has 7 nitrogen and oxygen atoms in total. The number of carbonyl (C=O) groups is 3. The molecule has 1 aliphatic heterocycles. The van der Waals surface area contributed by atoms with Crippen LogP contribution in [0.5, 0.6) is 0 Å². The van der Waals surface area contributed by atoms with Gasteiger partial charge in [-0.05, 0) is 0 Å². The normalized spacial score (nSPS) is 22.9. The van der Waals surface area contributed by atoms with E-state index >= 15 is 0 Å². The second-order valence-electron chi connectivity index (χ2n) is 3.46. The second-order valence-corrected chi connectivity index (χ2v) is 3.46. The number of rotatable bonds is 4. The molecular weight excluding hydrogens is 204 g/mol. The predicted octanol–water partition coefficient (Wildman–Crippen LogP) is -2.23. The fourth-order valence-corrected chi connectivity index (χ4v) is 1.43. The number of primary amides is 1. The maximum Gasteiger partial charge on any atom is 0.334 e. The number of hydrogen-bond donors (Lipinski definition) is 3. The lowest BCUT2D eigenvalue weighted by molar-refractivity contribution is -0.148. The molecule has 2 unspecified atom stereocenters. The summed E-state index contributed by atoms with van der Waals surface area (Å²) in [5.74, 6) is -2.93. The lowest BCUT2D eigenvalue weighted by Crippen LogP contribution is -2.38. The van der Waals surface area contributed by atoms with Crippen molar-refractivity contribution in [2.75, 3.05) is 13.1 Å². The predicted molar refractivity (Wildman–Crippen MR) is 47.5 cm³/mol. The highest BCUT2D eigenvalue weighted by Gasteiger charge is 2.34. The third-order valence-electron chi connectivity index (χ3n) is 2.30. The zero-order valence-electron chi connectivity index (χ0n) is 7.92. The van der Waals surface area contributed by atoms with Crippen LogP contribution in [0.15, 0.2) is 0 Å². The van der Waals surface area contributed by atoms with Gasteiger partial charge in [-0.2, -0.15) is 0 Å². The van der Waals surface area contributed by atoms with E-state index in [1.807, 2.05) is 0 Å². The molecule has 0 spiro atoms. The number of nitrogens with zero attached hydrogens (tertiary/aromatic N) is 1. The summed E-state index contributed by atoms with van der Waals surface area (Å²) in [5.41, 5.74) is 5.02. The molecule has 15 heavy (non-hydrogen) atoms. The van der Waals surface area contributed by atoms with Crippen molar-refractivity contribution in [3.63, 3.8) is 0 Å². The molecule has 7 heteroatoms. The molecule has 2 amide bonds. The number of likely N-dealkylation sites (tertiary alicyclic amines) is 1. The minimum absolute atomic E-state index is 0.0122. The van der Waals surface area contributed by atoms with Crippen molar-refractivity contribution in [3.8, 4) is 0 Å². The van der Waals surface area contributed by atoms with Crippen LogP contribution in [0.2, 0.25) is 0 Å². The van der Waals surface area contributed by atoms with Crippen molar-refractivity contribution in [1.82, 2.24) is 4.90 Å². The van der Waals surface area contributed by atoms with E-state index in [9.17, 15) is 14.4 Å². The van der Waals surface area contributed by atoms with E-state index in [4.69, 9.17) is 15.9 Å². The first kappa shape index (κ1) is 11.4. The van der Waals surface area contributed by atoms with Gasteiger partial charge in [0, 0.05) is 13.0 Å². The van der Waals surface area contributed by atoms with Crippen LogP contribution < -0.4 is 5.73 Å². The minimum atomic E-state index is -1.62. The van der Waals surface area contributed by atoms with Crippen LogP contribution >= 0.6 is 0 Å². The summed E-state index contributed by atoms with van der Waals surface area (Å²) in [6.07, 6.45) is -1.64. The molecule has 4 N–H and O–H groups in total. The van der Waals surface area contributed by atoms with Gasteiger partial charge in [0.15, 0.2) is 6.10 Å². The van der Waals surface area contributed by atoms with Crippen LogP contribution in [0.3, 0.4) is 0 Å². The monoisotopic (exact) mass is 216 g/mol. The maximum atomic E-state index is 11.3. The van der Waals surface area contributed by atoms with Gasteiger partial charge in [-0.1, -0.05) is 0 Å². The number of carbonyl (C=O) groups excluding carboxylic acids is 2. The van der Waals surface area contributed by atoms with Crippen molar-refractivity contribution < 1.29 is 24.6 Å². The number of hydrogen-bond acceptors (Lipinski definition) is 4. The molecule has 84 valence electrons. The van der Waals surface area contributed by atoms with E-state index in [0.29, 0.717) is 0 Å². The first-order valence-corrected chi connectivity index (χ1v) is 4.39. The summed E-state index contributed by atoms with van der Waals surface area (Å²) in [6.45, 7) is -0.226. The molecule has 2 atom stereocenters. The molecule has 0 aromatic rings. The SMILES string of the molecule is NC(=O)C1CC(=O)N(CC(O)C(=O)O)C1. The van der Waals surface area contributed by atoms with Crippen LogP contribution in [-0.2, 0) is 14.4 Å². The maximum absolute atomic E-state index is 11.3. The number of nitrogens with two attached hydrogens (primary N) is 1. The van der Waals surface area contributed by atoms with Crippen molar-refractivity contribution in [3.05, 3.63) is 0 Å². The summed E-state index contributed by atoms with van der Waals surface area (Å²) in [7, 11) is 0. The number of aliphatic carboxylic acids is 1. The van der Waals surface area contributed by atoms with E-state index < -0.39 is 23.9 Å². The second kappa shape index (κ2) is 4.26. The third-order valence-corrected chi connectivity index (χ3v) is 2.30. The van der Waals surface area contributed by atoms with Crippen LogP contribution in [0.1, 0.15) is 6.42 Å². The van der Waals surface area contributed by atoms with Crippen molar-refractivity contribution in [1.29, 1.82) is 0 Å². The molecule has 0 saturated carbocycles. The number of aliphatic hydroxyl groups excluding tert-OH is 1. The van der Waals surface area contributed by atoms with Crippen LogP contribution in [0.25, 0.3) is 0 Å². The summed E-state index contributed by atoms with van der Waals surface area (Å²) < 4.78 is 0. The van der Waals surface area contributed by atoms with Gasteiger partial charge in [0.25, 0.3) is 0 Å².